The van der Waals surface area contributed by atoms with Crippen molar-refractivity contribution in [2.75, 3.05) is 13.3 Å². The molecule has 5 rings (SSSR count). The maximum Gasteiger partial charge on any atom is 0.235 e. The normalized spacial score (nSPS) is 13.6. The van der Waals surface area contributed by atoms with Crippen molar-refractivity contribution in [1.82, 2.24) is 4.90 Å². The molecule has 0 N–H and O–H groups in total. The fourth-order valence-electron chi connectivity index (χ4n) is 3.66. The predicted octanol–water partition coefficient (Wildman–Crippen LogP) is 5.40. The highest BCUT2D eigenvalue weighted by Crippen LogP contribution is 2.35. The van der Waals surface area contributed by atoms with E-state index in [1.165, 1.54) is 11.1 Å². The van der Waals surface area contributed by atoms with Crippen LogP contribution >= 0.6 is 11.3 Å². The number of benzene rings is 2. The van der Waals surface area contributed by atoms with Crippen molar-refractivity contribution in [2.24, 2.45) is 0 Å². The third-order valence-electron chi connectivity index (χ3n) is 5.08. The summed E-state index contributed by atoms with van der Waals surface area (Å²) in [7, 11) is 0. The van der Waals surface area contributed by atoms with Gasteiger partial charge in [-0.05, 0) is 42.6 Å². The summed E-state index contributed by atoms with van der Waals surface area (Å²) in [4.78, 5) is 16.6. The first-order valence-electron chi connectivity index (χ1n) is 10.1. The fourth-order valence-corrected chi connectivity index (χ4v) is 4.41. The molecular formula is C24H21NO5S. The molecule has 7 heteroatoms. The molecule has 0 spiro atoms. The molecule has 31 heavy (non-hydrogen) atoms. The Hall–Kier alpha value is -3.29. The molecule has 1 aliphatic rings. The van der Waals surface area contributed by atoms with Crippen molar-refractivity contribution in [1.29, 1.82) is 0 Å². The second-order valence-corrected chi connectivity index (χ2v) is 8.20. The summed E-state index contributed by atoms with van der Waals surface area (Å²) in [5.41, 5.74) is 1.17. The van der Waals surface area contributed by atoms with E-state index in [1.807, 2.05) is 31.2 Å². The minimum Gasteiger partial charge on any atom is -0.490 e. The van der Waals surface area contributed by atoms with Crippen LogP contribution in [0.25, 0.3) is 11.0 Å². The van der Waals surface area contributed by atoms with E-state index in [0.717, 1.165) is 17.9 Å². The Kier molecular flexibility index (Phi) is 5.36. The molecule has 0 aliphatic carbocycles. The third-order valence-corrected chi connectivity index (χ3v) is 5.94. The van der Waals surface area contributed by atoms with E-state index >= 15 is 0 Å². The molecule has 3 heterocycles. The fraction of sp³-hybridized carbons (Fsp3) is 0.208. The molecule has 0 bridgehead atoms. The van der Waals surface area contributed by atoms with Crippen molar-refractivity contribution in [3.05, 3.63) is 80.8 Å². The van der Waals surface area contributed by atoms with Crippen molar-refractivity contribution in [3.8, 4) is 23.0 Å². The Morgan fingerprint density at radius 1 is 1.06 bits per heavy atom. The lowest BCUT2D eigenvalue weighted by Gasteiger charge is -2.28. The van der Waals surface area contributed by atoms with Gasteiger partial charge in [-0.25, -0.2) is 0 Å². The summed E-state index contributed by atoms with van der Waals surface area (Å²) < 4.78 is 23.3. The first-order chi connectivity index (χ1) is 15.2. The monoisotopic (exact) mass is 435 g/mol. The first kappa shape index (κ1) is 19.7. The van der Waals surface area contributed by atoms with E-state index in [2.05, 4.69) is 16.3 Å². The zero-order valence-corrected chi connectivity index (χ0v) is 17.8. The molecule has 0 fully saturated rings. The van der Waals surface area contributed by atoms with Gasteiger partial charge >= 0.3 is 0 Å². The zero-order chi connectivity index (χ0) is 21.2. The topological polar surface area (TPSA) is 61.1 Å². The lowest BCUT2D eigenvalue weighted by atomic mass is 10.1. The van der Waals surface area contributed by atoms with E-state index in [4.69, 9.17) is 18.6 Å². The number of hydrogen-bond acceptors (Lipinski definition) is 7. The average Bonchev–Trinajstić information content (AvgIpc) is 3.30. The van der Waals surface area contributed by atoms with Crippen LogP contribution < -0.4 is 19.6 Å². The molecule has 0 saturated carbocycles. The lowest BCUT2D eigenvalue weighted by molar-refractivity contribution is 0.0899. The van der Waals surface area contributed by atoms with Crippen LogP contribution in [0.1, 0.15) is 17.4 Å². The number of ether oxygens (including phenoxy) is 3. The Morgan fingerprint density at radius 3 is 2.74 bits per heavy atom. The molecule has 0 radical (unpaired) electrons. The van der Waals surface area contributed by atoms with Gasteiger partial charge in [0.1, 0.15) is 24.3 Å². The van der Waals surface area contributed by atoms with Gasteiger partial charge in [0.05, 0.1) is 17.6 Å². The van der Waals surface area contributed by atoms with E-state index in [1.54, 1.807) is 29.5 Å². The minimum atomic E-state index is -0.231. The van der Waals surface area contributed by atoms with Crippen LogP contribution in [0.2, 0.25) is 0 Å². The molecular weight excluding hydrogens is 414 g/mol. The molecule has 0 saturated heterocycles. The summed E-state index contributed by atoms with van der Waals surface area (Å²) in [6.45, 7) is 4.32. The summed E-state index contributed by atoms with van der Waals surface area (Å²) in [6, 6.07) is 15.0. The van der Waals surface area contributed by atoms with Gasteiger partial charge in [0.15, 0.2) is 11.5 Å². The summed E-state index contributed by atoms with van der Waals surface area (Å²) in [6.07, 6.45) is 1.37. The number of hydrogen-bond donors (Lipinski definition) is 0. The highest BCUT2D eigenvalue weighted by atomic mass is 32.1. The maximum absolute atomic E-state index is 13.1. The van der Waals surface area contributed by atoms with Crippen LogP contribution in [0.5, 0.6) is 23.0 Å². The van der Waals surface area contributed by atoms with E-state index in [0.29, 0.717) is 42.4 Å². The van der Waals surface area contributed by atoms with Crippen molar-refractivity contribution in [3.63, 3.8) is 0 Å². The second-order valence-electron chi connectivity index (χ2n) is 7.17. The summed E-state index contributed by atoms with van der Waals surface area (Å²) in [5.74, 6) is 1.91. The number of fused-ring (bicyclic) bond motifs is 3. The van der Waals surface area contributed by atoms with Crippen LogP contribution in [-0.4, -0.2) is 18.2 Å². The molecule has 2 aromatic carbocycles. The smallest absolute Gasteiger partial charge is 0.235 e. The van der Waals surface area contributed by atoms with Gasteiger partial charge in [-0.15, -0.1) is 11.3 Å². The van der Waals surface area contributed by atoms with Gasteiger partial charge in [-0.3, -0.25) is 9.69 Å². The highest BCUT2D eigenvalue weighted by Gasteiger charge is 2.23. The maximum atomic E-state index is 13.1. The molecule has 0 atom stereocenters. The van der Waals surface area contributed by atoms with Crippen LogP contribution in [-0.2, 0) is 13.1 Å². The number of thiophene rings is 1. The minimum absolute atomic E-state index is 0.117. The molecule has 0 amide bonds. The van der Waals surface area contributed by atoms with E-state index in [-0.39, 0.29) is 11.2 Å². The highest BCUT2D eigenvalue weighted by molar-refractivity contribution is 7.09. The van der Waals surface area contributed by atoms with Gasteiger partial charge in [0, 0.05) is 18.0 Å². The molecule has 1 aliphatic heterocycles. The van der Waals surface area contributed by atoms with E-state index in [9.17, 15) is 4.79 Å². The van der Waals surface area contributed by atoms with Gasteiger partial charge in [-0.2, -0.15) is 0 Å². The summed E-state index contributed by atoms with van der Waals surface area (Å²) in [5, 5.41) is 2.53. The second kappa shape index (κ2) is 8.45. The number of para-hydroxylation sites is 2. The lowest BCUT2D eigenvalue weighted by Crippen LogP contribution is -2.31. The van der Waals surface area contributed by atoms with E-state index < -0.39 is 0 Å². The van der Waals surface area contributed by atoms with Gasteiger partial charge in [-0.1, -0.05) is 18.2 Å². The largest absolute Gasteiger partial charge is 0.490 e. The molecule has 0 unspecified atom stereocenters. The van der Waals surface area contributed by atoms with Crippen molar-refractivity contribution < 1.29 is 18.6 Å². The standard InChI is InChI=1S/C24H21NO5S/c1-2-27-20-7-3-4-8-21(20)30-22-14-28-24-17(23(22)26)9-10-19-18(24)13-25(15-29-19)12-16-6-5-11-31-16/h3-11,14H,2,12-13,15H2,1H3. The zero-order valence-electron chi connectivity index (χ0n) is 17.0. The Balaban J connectivity index is 1.47. The van der Waals surface area contributed by atoms with Gasteiger partial charge in [0.25, 0.3) is 0 Å². The quantitative estimate of drug-likeness (QED) is 0.404. The van der Waals surface area contributed by atoms with Crippen LogP contribution in [0.3, 0.4) is 0 Å². The third kappa shape index (κ3) is 3.89. The number of rotatable bonds is 6. The Bertz CT molecular complexity index is 1260. The van der Waals surface area contributed by atoms with Gasteiger partial charge < -0.3 is 18.6 Å². The Morgan fingerprint density at radius 2 is 1.94 bits per heavy atom. The SMILES string of the molecule is CCOc1ccccc1Oc1coc2c3c(ccc2c1=O)OCN(Cc1cccs1)C3. The summed E-state index contributed by atoms with van der Waals surface area (Å²) >= 11 is 1.71. The molecule has 6 nitrogen and oxygen atoms in total. The molecule has 158 valence electrons. The molecule has 4 aromatic rings. The number of nitrogens with zero attached hydrogens (tertiary/aromatic N) is 1. The molecule has 2 aromatic heterocycles. The average molecular weight is 436 g/mol. The van der Waals surface area contributed by atoms with Crippen LogP contribution in [0.4, 0.5) is 0 Å². The predicted molar refractivity (Wildman–Crippen MR) is 119 cm³/mol. The van der Waals surface area contributed by atoms with Crippen LogP contribution in [0, 0.1) is 0 Å². The van der Waals surface area contributed by atoms with Crippen molar-refractivity contribution in [2.45, 2.75) is 20.0 Å². The van der Waals surface area contributed by atoms with Gasteiger partial charge in [0.2, 0.25) is 11.2 Å². The van der Waals surface area contributed by atoms with Crippen molar-refractivity contribution >= 4 is 22.3 Å². The van der Waals surface area contributed by atoms with Crippen LogP contribution in [0.15, 0.2) is 69.4 Å². The Labute approximate surface area is 183 Å². The first-order valence-corrected chi connectivity index (χ1v) is 11.0.